The van der Waals surface area contributed by atoms with E-state index in [-0.39, 0.29) is 11.3 Å². The molecule has 0 bridgehead atoms. The van der Waals surface area contributed by atoms with Crippen LogP contribution in [0.25, 0.3) is 6.08 Å². The molecule has 2 rings (SSSR count). The van der Waals surface area contributed by atoms with Crippen LogP contribution in [0.3, 0.4) is 0 Å². The van der Waals surface area contributed by atoms with Gasteiger partial charge in [0.25, 0.3) is 0 Å². The molecule has 0 unspecified atom stereocenters. The summed E-state index contributed by atoms with van der Waals surface area (Å²) in [6.07, 6.45) is 2.86. The van der Waals surface area contributed by atoms with E-state index < -0.39 is 5.97 Å². The van der Waals surface area contributed by atoms with Gasteiger partial charge >= 0.3 is 5.97 Å². The summed E-state index contributed by atoms with van der Waals surface area (Å²) in [5.41, 5.74) is 1.13. The Labute approximate surface area is 122 Å². The molecule has 0 atom stereocenters. The van der Waals surface area contributed by atoms with Gasteiger partial charge < -0.3 is 9.84 Å². The van der Waals surface area contributed by atoms with E-state index in [1.54, 1.807) is 42.5 Å². The number of benzene rings is 2. The van der Waals surface area contributed by atoms with Crippen molar-refractivity contribution in [1.29, 1.82) is 0 Å². The summed E-state index contributed by atoms with van der Waals surface area (Å²) in [6.45, 7) is 0. The predicted molar refractivity (Wildman–Crippen MR) is 79.8 cm³/mol. The second-order valence-corrected chi connectivity index (χ2v) is 4.32. The van der Waals surface area contributed by atoms with Crippen LogP contribution in [0.2, 0.25) is 0 Å². The molecule has 0 amide bonds. The average molecular weight is 282 g/mol. The van der Waals surface area contributed by atoms with E-state index in [9.17, 15) is 9.59 Å². The first-order valence-electron chi connectivity index (χ1n) is 6.30. The summed E-state index contributed by atoms with van der Waals surface area (Å²) >= 11 is 0. The standard InChI is InChI=1S/C17H14O4/c1-21-14-7-4-6-13(11-14)16(18)10-9-12-5-2-3-8-15(12)17(19)20/h2-11H,1H3,(H,19,20)/b10-9+. The summed E-state index contributed by atoms with van der Waals surface area (Å²) in [6, 6.07) is 13.3. The van der Waals surface area contributed by atoms with Crippen LogP contribution in [0, 0.1) is 0 Å². The lowest BCUT2D eigenvalue weighted by Crippen LogP contribution is -1.99. The fraction of sp³-hybridized carbons (Fsp3) is 0.0588. The quantitative estimate of drug-likeness (QED) is 0.675. The molecule has 0 spiro atoms. The Morgan fingerprint density at radius 2 is 1.86 bits per heavy atom. The third-order valence-electron chi connectivity index (χ3n) is 2.96. The topological polar surface area (TPSA) is 63.6 Å². The van der Waals surface area contributed by atoms with Gasteiger partial charge in [-0.15, -0.1) is 0 Å². The van der Waals surface area contributed by atoms with Crippen molar-refractivity contribution in [3.8, 4) is 5.75 Å². The number of aromatic carboxylic acids is 1. The van der Waals surface area contributed by atoms with Gasteiger partial charge in [-0.2, -0.15) is 0 Å². The Morgan fingerprint density at radius 1 is 1.10 bits per heavy atom. The van der Waals surface area contributed by atoms with E-state index in [2.05, 4.69) is 0 Å². The Bertz CT molecular complexity index is 701. The normalized spacial score (nSPS) is 10.5. The number of rotatable bonds is 5. The molecule has 0 saturated heterocycles. The monoisotopic (exact) mass is 282 g/mol. The Morgan fingerprint density at radius 3 is 2.57 bits per heavy atom. The fourth-order valence-electron chi connectivity index (χ4n) is 1.88. The number of allylic oxidation sites excluding steroid dienone is 1. The average Bonchev–Trinajstić information content (AvgIpc) is 2.52. The Balaban J connectivity index is 2.25. The zero-order valence-corrected chi connectivity index (χ0v) is 11.4. The van der Waals surface area contributed by atoms with Gasteiger partial charge in [0, 0.05) is 5.56 Å². The second-order valence-electron chi connectivity index (χ2n) is 4.32. The molecule has 0 aliphatic heterocycles. The zero-order chi connectivity index (χ0) is 15.2. The van der Waals surface area contributed by atoms with Gasteiger partial charge in [0.05, 0.1) is 12.7 Å². The number of carbonyl (C=O) groups excluding carboxylic acids is 1. The van der Waals surface area contributed by atoms with E-state index in [0.717, 1.165) is 0 Å². The van der Waals surface area contributed by atoms with Crippen molar-refractivity contribution in [2.75, 3.05) is 7.11 Å². The van der Waals surface area contributed by atoms with Crippen molar-refractivity contribution >= 4 is 17.8 Å². The molecule has 0 radical (unpaired) electrons. The maximum atomic E-state index is 12.1. The van der Waals surface area contributed by atoms with Crippen molar-refractivity contribution in [3.63, 3.8) is 0 Å². The molecule has 0 aromatic heterocycles. The molecular weight excluding hydrogens is 268 g/mol. The highest BCUT2D eigenvalue weighted by Gasteiger charge is 2.07. The van der Waals surface area contributed by atoms with E-state index >= 15 is 0 Å². The molecule has 2 aromatic rings. The van der Waals surface area contributed by atoms with Crippen molar-refractivity contribution in [2.24, 2.45) is 0 Å². The van der Waals surface area contributed by atoms with E-state index in [0.29, 0.717) is 16.9 Å². The van der Waals surface area contributed by atoms with Crippen LogP contribution in [-0.4, -0.2) is 24.0 Å². The number of ketones is 1. The second kappa shape index (κ2) is 6.52. The van der Waals surface area contributed by atoms with E-state index in [1.165, 1.54) is 25.3 Å². The van der Waals surface area contributed by atoms with Crippen LogP contribution < -0.4 is 4.74 Å². The highest BCUT2D eigenvalue weighted by molar-refractivity contribution is 6.07. The minimum Gasteiger partial charge on any atom is -0.497 e. The molecule has 4 heteroatoms. The maximum Gasteiger partial charge on any atom is 0.336 e. The lowest BCUT2D eigenvalue weighted by atomic mass is 10.1. The van der Waals surface area contributed by atoms with Gasteiger partial charge in [-0.05, 0) is 29.8 Å². The van der Waals surface area contributed by atoms with E-state index in [1.807, 2.05) is 0 Å². The zero-order valence-electron chi connectivity index (χ0n) is 11.4. The molecule has 0 fully saturated rings. The van der Waals surface area contributed by atoms with Crippen molar-refractivity contribution in [1.82, 2.24) is 0 Å². The first-order chi connectivity index (χ1) is 10.1. The molecule has 1 N–H and O–H groups in total. The highest BCUT2D eigenvalue weighted by Crippen LogP contribution is 2.15. The van der Waals surface area contributed by atoms with Crippen molar-refractivity contribution in [3.05, 3.63) is 71.3 Å². The molecule has 0 aliphatic carbocycles. The number of carbonyl (C=O) groups is 2. The maximum absolute atomic E-state index is 12.1. The van der Waals surface area contributed by atoms with Gasteiger partial charge in [-0.3, -0.25) is 4.79 Å². The van der Waals surface area contributed by atoms with Gasteiger partial charge in [0.15, 0.2) is 5.78 Å². The van der Waals surface area contributed by atoms with Gasteiger partial charge in [-0.1, -0.05) is 36.4 Å². The molecule has 0 aliphatic rings. The summed E-state index contributed by atoms with van der Waals surface area (Å²) < 4.78 is 5.06. The lowest BCUT2D eigenvalue weighted by molar-refractivity contribution is 0.0696. The molecule has 106 valence electrons. The molecular formula is C17H14O4. The summed E-state index contributed by atoms with van der Waals surface area (Å²) in [5, 5.41) is 9.08. The summed E-state index contributed by atoms with van der Waals surface area (Å²) in [7, 11) is 1.53. The van der Waals surface area contributed by atoms with Crippen LogP contribution >= 0.6 is 0 Å². The van der Waals surface area contributed by atoms with Crippen LogP contribution in [0.15, 0.2) is 54.6 Å². The number of carboxylic acids is 1. The molecule has 21 heavy (non-hydrogen) atoms. The lowest BCUT2D eigenvalue weighted by Gasteiger charge is -2.02. The summed E-state index contributed by atoms with van der Waals surface area (Å²) in [4.78, 5) is 23.2. The van der Waals surface area contributed by atoms with Crippen LogP contribution in [-0.2, 0) is 0 Å². The minimum atomic E-state index is -1.02. The summed E-state index contributed by atoms with van der Waals surface area (Å²) in [5.74, 6) is -0.640. The van der Waals surface area contributed by atoms with Crippen molar-refractivity contribution in [2.45, 2.75) is 0 Å². The molecule has 2 aromatic carbocycles. The number of hydrogen-bond acceptors (Lipinski definition) is 3. The number of carboxylic acid groups (broad SMARTS) is 1. The first kappa shape index (κ1) is 14.5. The van der Waals surface area contributed by atoms with Crippen LogP contribution in [0.5, 0.6) is 5.75 Å². The molecule has 4 nitrogen and oxygen atoms in total. The van der Waals surface area contributed by atoms with Crippen LogP contribution in [0.1, 0.15) is 26.3 Å². The SMILES string of the molecule is COc1cccc(C(=O)/C=C/c2ccccc2C(=O)O)c1. The number of hydrogen-bond donors (Lipinski definition) is 1. The third-order valence-corrected chi connectivity index (χ3v) is 2.96. The molecule has 0 saturated carbocycles. The van der Waals surface area contributed by atoms with Gasteiger partial charge in [-0.25, -0.2) is 4.79 Å². The van der Waals surface area contributed by atoms with Gasteiger partial charge in [0.1, 0.15) is 5.75 Å². The number of methoxy groups -OCH3 is 1. The predicted octanol–water partition coefficient (Wildman–Crippen LogP) is 3.29. The Kier molecular flexibility index (Phi) is 4.51. The van der Waals surface area contributed by atoms with E-state index in [4.69, 9.17) is 9.84 Å². The Hall–Kier alpha value is -2.88. The first-order valence-corrected chi connectivity index (χ1v) is 6.30. The molecule has 0 heterocycles. The third kappa shape index (κ3) is 3.57. The number of ether oxygens (including phenoxy) is 1. The fourth-order valence-corrected chi connectivity index (χ4v) is 1.88. The highest BCUT2D eigenvalue weighted by atomic mass is 16.5. The van der Waals surface area contributed by atoms with Gasteiger partial charge in [0.2, 0.25) is 0 Å². The smallest absolute Gasteiger partial charge is 0.336 e. The minimum absolute atomic E-state index is 0.159. The largest absolute Gasteiger partial charge is 0.497 e. The van der Waals surface area contributed by atoms with Crippen molar-refractivity contribution < 1.29 is 19.4 Å². The van der Waals surface area contributed by atoms with Crippen LogP contribution in [0.4, 0.5) is 0 Å².